The van der Waals surface area contributed by atoms with Crippen LogP contribution in [0.15, 0.2) is 170 Å². The van der Waals surface area contributed by atoms with Crippen LogP contribution in [0.1, 0.15) is 11.1 Å². The molecule has 0 amide bonds. The Balaban J connectivity index is 1.08. The van der Waals surface area contributed by atoms with Gasteiger partial charge in [0.05, 0.1) is 22.8 Å². The fraction of sp³-hybridized carbons (Fsp3) is 0. The van der Waals surface area contributed by atoms with Crippen molar-refractivity contribution in [2.75, 3.05) is 4.90 Å². The molecule has 0 radical (unpaired) electrons. The van der Waals surface area contributed by atoms with Crippen LogP contribution in [-0.2, 0) is 0 Å². The zero-order valence-corrected chi connectivity index (χ0v) is 25.0. The molecule has 3 heterocycles. The van der Waals surface area contributed by atoms with Gasteiger partial charge in [-0.3, -0.25) is 9.97 Å². The molecule has 0 fully saturated rings. The number of hydrogen-bond donors (Lipinski definition) is 0. The number of nitrogens with zero attached hydrogens (tertiary/aromatic N) is 4. The maximum Gasteiger partial charge on any atom is 0.127 e. The van der Waals surface area contributed by atoms with E-state index in [-0.39, 0.29) is 0 Å². The van der Waals surface area contributed by atoms with Crippen molar-refractivity contribution in [2.45, 2.75) is 0 Å². The number of rotatable bonds is 9. The third-order valence-electron chi connectivity index (χ3n) is 7.41. The summed E-state index contributed by atoms with van der Waals surface area (Å²) in [6.45, 7) is 0. The number of aromatic nitrogens is 3. The van der Waals surface area contributed by atoms with Gasteiger partial charge in [0.1, 0.15) is 11.5 Å². The highest BCUT2D eigenvalue weighted by molar-refractivity contribution is 5.77. The first kappa shape index (κ1) is 28.4. The Bertz CT molecular complexity index is 1930. The summed E-state index contributed by atoms with van der Waals surface area (Å²) in [5.74, 6) is 1.54. The van der Waals surface area contributed by atoms with Gasteiger partial charge < -0.3 is 9.64 Å². The number of pyridine rings is 3. The summed E-state index contributed by atoms with van der Waals surface area (Å²) in [6, 6.07) is 52.7. The topological polar surface area (TPSA) is 51.1 Å². The highest BCUT2D eigenvalue weighted by Gasteiger charge is 2.12. The van der Waals surface area contributed by atoms with Crippen LogP contribution < -0.4 is 9.64 Å². The van der Waals surface area contributed by atoms with E-state index in [0.29, 0.717) is 0 Å². The van der Waals surface area contributed by atoms with Crippen molar-refractivity contribution in [1.29, 1.82) is 0 Å². The maximum absolute atomic E-state index is 6.21. The number of para-hydroxylation sites is 2. The van der Waals surface area contributed by atoms with E-state index in [0.717, 1.165) is 62.5 Å². The van der Waals surface area contributed by atoms with Crippen LogP contribution in [0, 0.1) is 0 Å². The molecule has 220 valence electrons. The van der Waals surface area contributed by atoms with Gasteiger partial charge in [0.15, 0.2) is 0 Å². The number of ether oxygens (including phenoxy) is 1. The molecule has 5 heteroatoms. The molecule has 0 saturated heterocycles. The van der Waals surface area contributed by atoms with Crippen molar-refractivity contribution < 1.29 is 4.74 Å². The lowest BCUT2D eigenvalue weighted by molar-refractivity contribution is 0.482. The summed E-state index contributed by atoms with van der Waals surface area (Å²) in [6.07, 6.45) is 7.73. The van der Waals surface area contributed by atoms with Gasteiger partial charge in [-0.1, -0.05) is 72.8 Å². The first-order chi connectivity index (χ1) is 22.8. The molecule has 0 unspecified atom stereocenters. The number of anilines is 3. The van der Waals surface area contributed by atoms with E-state index < -0.39 is 0 Å². The first-order valence-corrected chi connectivity index (χ1v) is 15.1. The SMILES string of the molecule is C(=Cc1cc(-c2ccccn2)nc(-c2ccccn2)c1)c1ccc(Oc2ccc(N(c3ccccc3)c3ccccc3)cc2)cc1. The highest BCUT2D eigenvalue weighted by atomic mass is 16.5. The molecular formula is C41H30N4O. The Labute approximate surface area is 268 Å². The Morgan fingerprint density at radius 2 is 0.870 bits per heavy atom. The molecule has 0 aliphatic carbocycles. The predicted octanol–water partition coefficient (Wildman–Crippen LogP) is 10.6. The summed E-state index contributed by atoms with van der Waals surface area (Å²) >= 11 is 0. The van der Waals surface area contributed by atoms with Gasteiger partial charge in [-0.15, -0.1) is 0 Å². The van der Waals surface area contributed by atoms with Gasteiger partial charge in [0.25, 0.3) is 0 Å². The van der Waals surface area contributed by atoms with Crippen molar-refractivity contribution in [3.05, 3.63) is 181 Å². The van der Waals surface area contributed by atoms with Crippen LogP contribution >= 0.6 is 0 Å². The minimum atomic E-state index is 0.770. The Hall–Kier alpha value is -6.33. The summed E-state index contributed by atoms with van der Waals surface area (Å²) in [4.78, 5) is 16.1. The van der Waals surface area contributed by atoms with Crippen molar-refractivity contribution in [3.8, 4) is 34.3 Å². The van der Waals surface area contributed by atoms with Gasteiger partial charge in [-0.2, -0.15) is 0 Å². The molecule has 0 bridgehead atoms. The van der Waals surface area contributed by atoms with Crippen LogP contribution in [0.5, 0.6) is 11.5 Å². The standard InChI is InChI=1S/C41H30N4O/c1-3-11-33(12-4-1)45(34-13-5-2-6-14-34)35-21-25-37(26-22-35)46-36-23-19-31(20-24-36)17-18-32-29-40(38-15-7-9-27-42-38)44-41(30-32)39-16-8-10-28-43-39/h1-30H. The zero-order chi connectivity index (χ0) is 31.0. The van der Waals surface area contributed by atoms with Crippen LogP contribution in [0.4, 0.5) is 17.1 Å². The minimum absolute atomic E-state index is 0.770. The fourth-order valence-corrected chi connectivity index (χ4v) is 5.18. The van der Waals surface area contributed by atoms with E-state index >= 15 is 0 Å². The fourth-order valence-electron chi connectivity index (χ4n) is 5.18. The van der Waals surface area contributed by atoms with E-state index in [1.165, 1.54) is 0 Å². The van der Waals surface area contributed by atoms with E-state index in [1.807, 2.05) is 97.1 Å². The maximum atomic E-state index is 6.21. The molecule has 46 heavy (non-hydrogen) atoms. The number of benzene rings is 4. The van der Waals surface area contributed by atoms with Crippen molar-refractivity contribution in [3.63, 3.8) is 0 Å². The summed E-state index contributed by atoms with van der Waals surface area (Å²) in [5, 5.41) is 0. The Kier molecular flexibility index (Phi) is 8.37. The van der Waals surface area contributed by atoms with Crippen LogP contribution in [-0.4, -0.2) is 15.0 Å². The quantitative estimate of drug-likeness (QED) is 0.166. The second-order valence-corrected chi connectivity index (χ2v) is 10.6. The molecule has 0 aliphatic rings. The largest absolute Gasteiger partial charge is 0.457 e. The van der Waals surface area contributed by atoms with Gasteiger partial charge in [-0.25, -0.2) is 4.98 Å². The minimum Gasteiger partial charge on any atom is -0.457 e. The highest BCUT2D eigenvalue weighted by Crippen LogP contribution is 2.35. The Morgan fingerprint density at radius 1 is 0.413 bits per heavy atom. The molecule has 0 aliphatic heterocycles. The molecule has 0 saturated carbocycles. The smallest absolute Gasteiger partial charge is 0.127 e. The molecule has 5 nitrogen and oxygen atoms in total. The van der Waals surface area contributed by atoms with Crippen molar-refractivity contribution >= 4 is 29.2 Å². The van der Waals surface area contributed by atoms with Gasteiger partial charge >= 0.3 is 0 Å². The van der Waals surface area contributed by atoms with Crippen LogP contribution in [0.3, 0.4) is 0 Å². The van der Waals surface area contributed by atoms with E-state index in [1.54, 1.807) is 12.4 Å². The summed E-state index contributed by atoms with van der Waals surface area (Å²) in [5.41, 5.74) is 8.55. The molecule has 7 rings (SSSR count). The zero-order valence-electron chi connectivity index (χ0n) is 25.0. The molecule has 3 aromatic heterocycles. The Morgan fingerprint density at radius 3 is 1.37 bits per heavy atom. The molecule has 0 N–H and O–H groups in total. The van der Waals surface area contributed by atoms with Crippen molar-refractivity contribution in [2.24, 2.45) is 0 Å². The monoisotopic (exact) mass is 594 g/mol. The summed E-state index contributed by atoms with van der Waals surface area (Å²) in [7, 11) is 0. The van der Waals surface area contributed by atoms with Gasteiger partial charge in [0, 0.05) is 29.5 Å². The third kappa shape index (κ3) is 6.74. The molecular weight excluding hydrogens is 564 g/mol. The third-order valence-corrected chi connectivity index (χ3v) is 7.41. The molecule has 4 aromatic carbocycles. The second kappa shape index (κ2) is 13.5. The van der Waals surface area contributed by atoms with Crippen LogP contribution in [0.2, 0.25) is 0 Å². The lowest BCUT2D eigenvalue weighted by atomic mass is 10.1. The average Bonchev–Trinajstić information content (AvgIpc) is 3.14. The van der Waals surface area contributed by atoms with Crippen LogP contribution in [0.25, 0.3) is 34.9 Å². The van der Waals surface area contributed by atoms with Gasteiger partial charge in [-0.05, 0) is 108 Å². The second-order valence-electron chi connectivity index (χ2n) is 10.6. The van der Waals surface area contributed by atoms with Gasteiger partial charge in [0.2, 0.25) is 0 Å². The predicted molar refractivity (Wildman–Crippen MR) is 187 cm³/mol. The normalized spacial score (nSPS) is 11.0. The average molecular weight is 595 g/mol. The molecule has 7 aromatic rings. The van der Waals surface area contributed by atoms with E-state index in [4.69, 9.17) is 9.72 Å². The summed E-state index contributed by atoms with van der Waals surface area (Å²) < 4.78 is 6.21. The molecule has 0 atom stereocenters. The molecule has 0 spiro atoms. The van der Waals surface area contributed by atoms with E-state index in [2.05, 4.69) is 87.7 Å². The lowest BCUT2D eigenvalue weighted by Crippen LogP contribution is -2.09. The van der Waals surface area contributed by atoms with Crippen molar-refractivity contribution in [1.82, 2.24) is 15.0 Å². The van der Waals surface area contributed by atoms with E-state index in [9.17, 15) is 0 Å². The first-order valence-electron chi connectivity index (χ1n) is 15.1. The number of hydrogen-bond acceptors (Lipinski definition) is 5. The lowest BCUT2D eigenvalue weighted by Gasteiger charge is -2.25.